The molecule has 0 unspecified atom stereocenters. The van der Waals surface area contributed by atoms with Gasteiger partial charge in [-0.15, -0.1) is 0 Å². The summed E-state index contributed by atoms with van der Waals surface area (Å²) in [4.78, 5) is 2.41. The number of rotatable bonds is 3. The lowest BCUT2D eigenvalue weighted by atomic mass is 9.90. The van der Waals surface area contributed by atoms with E-state index < -0.39 is 0 Å². The molecular weight excluding hydrogens is 334 g/mol. The third kappa shape index (κ3) is 2.35. The molecule has 0 N–H and O–H groups in total. The topological polar surface area (TPSA) is 21.7 Å². The molecule has 3 heteroatoms. The molecule has 4 aromatic carbocycles. The third-order valence-corrected chi connectivity index (χ3v) is 5.49. The van der Waals surface area contributed by atoms with Crippen LogP contribution in [-0.2, 0) is 6.42 Å². The molecule has 3 nitrogen and oxygen atoms in total. The van der Waals surface area contributed by atoms with E-state index in [1.807, 2.05) is 0 Å². The molecule has 134 valence electrons. The summed E-state index contributed by atoms with van der Waals surface area (Å²) < 4.78 is 11.5. The van der Waals surface area contributed by atoms with E-state index in [4.69, 9.17) is 9.47 Å². The number of para-hydroxylation sites is 1. The van der Waals surface area contributed by atoms with Crippen molar-refractivity contribution in [3.05, 3.63) is 72.3 Å². The number of anilines is 2. The maximum absolute atomic E-state index is 5.83. The lowest BCUT2D eigenvalue weighted by molar-refractivity contribution is 0.358. The number of hydrogen-bond donors (Lipinski definition) is 0. The van der Waals surface area contributed by atoms with Gasteiger partial charge in [-0.25, -0.2) is 0 Å². The predicted octanol–water partition coefficient (Wildman–Crippen LogP) is 5.70. The first-order valence-electron chi connectivity index (χ1n) is 9.23. The van der Waals surface area contributed by atoms with Crippen molar-refractivity contribution < 1.29 is 9.47 Å². The fourth-order valence-electron chi connectivity index (χ4n) is 4.31. The number of fused-ring (bicyclic) bond motifs is 2. The van der Waals surface area contributed by atoms with Gasteiger partial charge in [0.05, 0.1) is 19.9 Å². The molecule has 0 saturated carbocycles. The smallest absolute Gasteiger partial charge is 0.169 e. The van der Waals surface area contributed by atoms with Gasteiger partial charge in [-0.3, -0.25) is 0 Å². The van der Waals surface area contributed by atoms with Crippen molar-refractivity contribution in [2.75, 3.05) is 25.7 Å². The van der Waals surface area contributed by atoms with Gasteiger partial charge < -0.3 is 14.4 Å². The molecule has 0 saturated heterocycles. The molecule has 0 fully saturated rings. The van der Waals surface area contributed by atoms with E-state index in [1.165, 1.54) is 33.1 Å². The van der Waals surface area contributed by atoms with Gasteiger partial charge in [0, 0.05) is 23.0 Å². The van der Waals surface area contributed by atoms with Crippen LogP contribution in [0.4, 0.5) is 11.4 Å². The zero-order chi connectivity index (χ0) is 18.4. The van der Waals surface area contributed by atoms with Gasteiger partial charge in [-0.2, -0.15) is 0 Å². The molecule has 1 heterocycles. The second kappa shape index (κ2) is 6.20. The highest BCUT2D eigenvalue weighted by molar-refractivity contribution is 6.18. The van der Waals surface area contributed by atoms with Gasteiger partial charge in [-0.1, -0.05) is 42.5 Å². The van der Waals surface area contributed by atoms with Crippen molar-refractivity contribution in [3.63, 3.8) is 0 Å². The maximum Gasteiger partial charge on any atom is 0.169 e. The van der Waals surface area contributed by atoms with E-state index >= 15 is 0 Å². The summed E-state index contributed by atoms with van der Waals surface area (Å²) in [6, 6.07) is 23.6. The van der Waals surface area contributed by atoms with Gasteiger partial charge in [0.15, 0.2) is 11.5 Å². The van der Waals surface area contributed by atoms with Crippen molar-refractivity contribution in [1.82, 2.24) is 0 Å². The normalized spacial score (nSPS) is 13.2. The van der Waals surface area contributed by atoms with Gasteiger partial charge in [0.1, 0.15) is 0 Å². The Morgan fingerprint density at radius 2 is 1.59 bits per heavy atom. The van der Waals surface area contributed by atoms with E-state index in [9.17, 15) is 0 Å². The largest absolute Gasteiger partial charge is 0.493 e. The summed E-state index contributed by atoms with van der Waals surface area (Å²) in [5.41, 5.74) is 3.77. The molecular formula is C24H21NO2. The maximum atomic E-state index is 5.83. The van der Waals surface area contributed by atoms with Gasteiger partial charge >= 0.3 is 0 Å². The quantitative estimate of drug-likeness (QED) is 0.440. The van der Waals surface area contributed by atoms with Crippen LogP contribution >= 0.6 is 0 Å². The molecule has 27 heavy (non-hydrogen) atoms. The van der Waals surface area contributed by atoms with Crippen LogP contribution in [0.2, 0.25) is 0 Å². The van der Waals surface area contributed by atoms with Crippen LogP contribution in [0.1, 0.15) is 5.56 Å². The second-order valence-electron chi connectivity index (χ2n) is 6.88. The molecule has 5 rings (SSSR count). The standard InChI is InChI=1S/C24H21NO2/c1-26-21-15-17-12-13-25(18-9-4-3-5-10-18)20-14-16-8-6-7-11-19(16)23(22(17)20)24(21)27-2/h3-11,14-15H,12-13H2,1-2H3. The van der Waals surface area contributed by atoms with Crippen molar-refractivity contribution in [3.8, 4) is 11.5 Å². The third-order valence-electron chi connectivity index (χ3n) is 5.49. The predicted molar refractivity (Wildman–Crippen MR) is 112 cm³/mol. The van der Waals surface area contributed by atoms with Crippen LogP contribution in [-0.4, -0.2) is 20.8 Å². The molecule has 0 aliphatic carbocycles. The SMILES string of the molecule is COc1cc2c3c(cc4ccccc4c3c1OC)N(c1ccccc1)CC2. The Labute approximate surface area is 158 Å². The Bertz CT molecular complexity index is 1150. The molecule has 0 atom stereocenters. The number of ether oxygens (including phenoxy) is 2. The van der Waals surface area contributed by atoms with Gasteiger partial charge in [-0.05, 0) is 47.0 Å². The van der Waals surface area contributed by atoms with Crippen molar-refractivity contribution in [2.45, 2.75) is 6.42 Å². The average Bonchev–Trinajstić information content (AvgIpc) is 2.74. The van der Waals surface area contributed by atoms with Crippen LogP contribution in [0.5, 0.6) is 11.5 Å². The molecule has 1 aliphatic heterocycles. The molecule has 4 aromatic rings. The van der Waals surface area contributed by atoms with Gasteiger partial charge in [0.25, 0.3) is 0 Å². The lowest BCUT2D eigenvalue weighted by Crippen LogP contribution is -2.24. The summed E-state index contributed by atoms with van der Waals surface area (Å²) >= 11 is 0. The summed E-state index contributed by atoms with van der Waals surface area (Å²) in [6.07, 6.45) is 0.969. The summed E-state index contributed by atoms with van der Waals surface area (Å²) in [5, 5.41) is 4.81. The molecule has 0 bridgehead atoms. The van der Waals surface area contributed by atoms with Crippen LogP contribution in [0.25, 0.3) is 21.5 Å². The Kier molecular flexibility index (Phi) is 3.68. The Hall–Kier alpha value is -3.20. The minimum Gasteiger partial charge on any atom is -0.493 e. The zero-order valence-corrected chi connectivity index (χ0v) is 15.5. The fourth-order valence-corrected chi connectivity index (χ4v) is 4.31. The van der Waals surface area contributed by atoms with E-state index in [2.05, 4.69) is 71.6 Å². The number of benzene rings is 4. The highest BCUT2D eigenvalue weighted by Gasteiger charge is 2.25. The van der Waals surface area contributed by atoms with Crippen molar-refractivity contribution >= 4 is 32.9 Å². The molecule has 0 spiro atoms. The Morgan fingerprint density at radius 1 is 0.815 bits per heavy atom. The van der Waals surface area contributed by atoms with Crippen LogP contribution in [0.15, 0.2) is 66.7 Å². The molecule has 0 radical (unpaired) electrons. The van der Waals surface area contributed by atoms with E-state index in [0.717, 1.165) is 29.9 Å². The van der Waals surface area contributed by atoms with E-state index in [0.29, 0.717) is 0 Å². The van der Waals surface area contributed by atoms with Crippen molar-refractivity contribution in [2.24, 2.45) is 0 Å². The average molecular weight is 355 g/mol. The first-order chi connectivity index (χ1) is 13.3. The van der Waals surface area contributed by atoms with Crippen LogP contribution in [0, 0.1) is 0 Å². The first-order valence-corrected chi connectivity index (χ1v) is 9.23. The van der Waals surface area contributed by atoms with Crippen LogP contribution in [0.3, 0.4) is 0 Å². The molecule has 1 aliphatic rings. The number of nitrogens with zero attached hydrogens (tertiary/aromatic N) is 1. The summed E-state index contributed by atoms with van der Waals surface area (Å²) in [6.45, 7) is 0.944. The fraction of sp³-hybridized carbons (Fsp3) is 0.167. The second-order valence-corrected chi connectivity index (χ2v) is 6.88. The van der Waals surface area contributed by atoms with Gasteiger partial charge in [0.2, 0.25) is 0 Å². The molecule has 0 amide bonds. The number of methoxy groups -OCH3 is 2. The zero-order valence-electron chi connectivity index (χ0n) is 15.5. The highest BCUT2D eigenvalue weighted by Crippen LogP contribution is 2.48. The molecule has 0 aromatic heterocycles. The van der Waals surface area contributed by atoms with Crippen molar-refractivity contribution in [1.29, 1.82) is 0 Å². The summed E-state index contributed by atoms with van der Waals surface area (Å²) in [5.74, 6) is 1.61. The lowest BCUT2D eigenvalue weighted by Gasteiger charge is -2.33. The van der Waals surface area contributed by atoms with Crippen LogP contribution < -0.4 is 14.4 Å². The monoisotopic (exact) mass is 355 g/mol. The highest BCUT2D eigenvalue weighted by atomic mass is 16.5. The Balaban J connectivity index is 1.94. The Morgan fingerprint density at radius 3 is 2.37 bits per heavy atom. The minimum absolute atomic E-state index is 0.801. The minimum atomic E-state index is 0.801. The number of hydrogen-bond acceptors (Lipinski definition) is 3. The summed E-state index contributed by atoms with van der Waals surface area (Å²) in [7, 11) is 3.43. The van der Waals surface area contributed by atoms with E-state index in [-0.39, 0.29) is 0 Å². The first kappa shape index (κ1) is 16.0. The van der Waals surface area contributed by atoms with E-state index in [1.54, 1.807) is 14.2 Å².